The van der Waals surface area contributed by atoms with Crippen molar-refractivity contribution >= 4 is 39.2 Å². The van der Waals surface area contributed by atoms with Gasteiger partial charge in [-0.2, -0.15) is 0 Å². The van der Waals surface area contributed by atoms with E-state index in [1.165, 1.54) is 7.11 Å². The second kappa shape index (κ2) is 12.5. The Balaban J connectivity index is 0.00000124. The predicted molar refractivity (Wildman–Crippen MR) is 156 cm³/mol. The fourth-order valence-corrected chi connectivity index (χ4v) is 6.14. The van der Waals surface area contributed by atoms with Crippen LogP contribution < -0.4 is 15.2 Å². The number of pyridine rings is 1. The number of sulfonamides is 1. The molecule has 218 valence electrons. The number of nitrogens with one attached hydrogen (secondary N) is 1. The molecule has 0 aliphatic carbocycles. The highest BCUT2D eigenvalue weighted by Gasteiger charge is 2.36. The van der Waals surface area contributed by atoms with Crippen molar-refractivity contribution in [2.75, 3.05) is 44.9 Å². The molecule has 1 saturated heterocycles. The first-order valence-electron chi connectivity index (χ1n) is 12.8. The standard InChI is InChI=1S/C27H32N6O4S.CH2O2/c1-32(2)27(11-13-37-14-12-27)18-33-23-15-19(9-10-22(23)30-26(33)28)20-16-24(25(36-3)29-17-20)38(34,35)31-21-7-5-4-6-8-21;2-1-3/h4-10,15-17,31H,11-14,18H2,1-3H3,(H2,28,30);1H,(H,2,3). The summed E-state index contributed by atoms with van der Waals surface area (Å²) in [6.45, 7) is 1.81. The van der Waals surface area contributed by atoms with Gasteiger partial charge in [0.05, 0.1) is 18.1 Å². The van der Waals surface area contributed by atoms with Crippen molar-refractivity contribution in [3.63, 3.8) is 0 Å². The number of benzene rings is 2. The first kappa shape index (κ1) is 29.8. The number of para-hydroxylation sites is 1. The minimum absolute atomic E-state index is 0.0139. The number of rotatable bonds is 8. The van der Waals surface area contributed by atoms with E-state index in [-0.39, 0.29) is 22.8 Å². The maximum absolute atomic E-state index is 13.3. The topological polar surface area (TPSA) is 162 Å². The third kappa shape index (κ3) is 6.42. The molecule has 0 bridgehead atoms. The number of methoxy groups -OCH3 is 1. The predicted octanol–water partition coefficient (Wildman–Crippen LogP) is 3.30. The zero-order valence-electron chi connectivity index (χ0n) is 23.1. The van der Waals surface area contributed by atoms with Crippen molar-refractivity contribution in [1.29, 1.82) is 0 Å². The molecule has 3 heterocycles. The Kier molecular flexibility index (Phi) is 9.11. The lowest BCUT2D eigenvalue weighted by Gasteiger charge is -2.43. The third-order valence-corrected chi connectivity index (χ3v) is 8.64. The van der Waals surface area contributed by atoms with Gasteiger partial charge in [-0.25, -0.2) is 18.4 Å². The maximum atomic E-state index is 13.3. The summed E-state index contributed by atoms with van der Waals surface area (Å²) < 4.78 is 42.1. The number of carboxylic acid groups (broad SMARTS) is 1. The van der Waals surface area contributed by atoms with Crippen LogP contribution in [-0.2, 0) is 26.1 Å². The van der Waals surface area contributed by atoms with E-state index in [1.807, 2.05) is 28.8 Å². The monoisotopic (exact) mass is 582 g/mol. The van der Waals surface area contributed by atoms with Gasteiger partial charge >= 0.3 is 0 Å². The van der Waals surface area contributed by atoms with Gasteiger partial charge in [0.1, 0.15) is 4.90 Å². The third-order valence-electron chi connectivity index (χ3n) is 7.26. The first-order valence-corrected chi connectivity index (χ1v) is 14.3. The Morgan fingerprint density at radius 1 is 1.15 bits per heavy atom. The molecule has 4 N–H and O–H groups in total. The number of carbonyl (C=O) groups is 1. The summed E-state index contributed by atoms with van der Waals surface area (Å²) in [4.78, 5) is 19.4. The number of nitrogens with two attached hydrogens (primary N) is 1. The van der Waals surface area contributed by atoms with Crippen LogP contribution in [-0.4, -0.2) is 79.4 Å². The smallest absolute Gasteiger partial charge is 0.290 e. The minimum atomic E-state index is -3.96. The van der Waals surface area contributed by atoms with E-state index in [9.17, 15) is 8.42 Å². The summed E-state index contributed by atoms with van der Waals surface area (Å²) in [6.07, 6.45) is 3.37. The SMILES string of the molecule is COc1ncc(-c2ccc3nc(N)n(CC4(N(C)C)CCOCC4)c3c2)cc1S(=O)(=O)Nc1ccccc1.O=CO. The Bertz CT molecular complexity index is 1600. The molecule has 0 unspecified atom stereocenters. The second-order valence-electron chi connectivity index (χ2n) is 9.80. The van der Waals surface area contributed by atoms with Gasteiger partial charge in [0.25, 0.3) is 16.5 Å². The Morgan fingerprint density at radius 2 is 1.83 bits per heavy atom. The molecule has 0 amide bonds. The normalized spacial score (nSPS) is 14.7. The largest absolute Gasteiger partial charge is 0.483 e. The molecule has 2 aromatic heterocycles. The maximum Gasteiger partial charge on any atom is 0.290 e. The minimum Gasteiger partial charge on any atom is -0.483 e. The summed E-state index contributed by atoms with van der Waals surface area (Å²) >= 11 is 0. The van der Waals surface area contributed by atoms with Gasteiger partial charge in [0.2, 0.25) is 11.8 Å². The molecular formula is C28H34N6O6S. The van der Waals surface area contributed by atoms with Gasteiger partial charge in [-0.1, -0.05) is 24.3 Å². The van der Waals surface area contributed by atoms with Gasteiger partial charge in [-0.15, -0.1) is 0 Å². The highest BCUT2D eigenvalue weighted by atomic mass is 32.2. The van der Waals surface area contributed by atoms with E-state index in [4.69, 9.17) is 25.1 Å². The van der Waals surface area contributed by atoms with Crippen molar-refractivity contribution < 1.29 is 27.8 Å². The summed E-state index contributed by atoms with van der Waals surface area (Å²) in [6, 6.07) is 16.0. The zero-order chi connectivity index (χ0) is 29.6. The quantitative estimate of drug-likeness (QED) is 0.263. The molecule has 1 aliphatic heterocycles. The van der Waals surface area contributed by atoms with E-state index >= 15 is 0 Å². The highest BCUT2D eigenvalue weighted by Crippen LogP contribution is 2.34. The number of ether oxygens (including phenoxy) is 2. The molecular weight excluding hydrogens is 548 g/mol. The van der Waals surface area contributed by atoms with E-state index in [0.717, 1.165) is 29.4 Å². The fourth-order valence-electron chi connectivity index (χ4n) is 4.93. The zero-order valence-corrected chi connectivity index (χ0v) is 24.0. The van der Waals surface area contributed by atoms with Crippen LogP contribution in [0.1, 0.15) is 12.8 Å². The second-order valence-corrected chi connectivity index (χ2v) is 11.4. The highest BCUT2D eigenvalue weighted by molar-refractivity contribution is 7.92. The fraction of sp³-hybridized carbons (Fsp3) is 0.321. The number of nitrogen functional groups attached to an aromatic ring is 1. The molecule has 0 atom stereocenters. The molecule has 4 aromatic rings. The number of anilines is 2. The van der Waals surface area contributed by atoms with E-state index in [2.05, 4.69) is 33.7 Å². The number of imidazole rings is 1. The molecule has 0 spiro atoms. The van der Waals surface area contributed by atoms with Crippen molar-refractivity contribution in [3.05, 3.63) is 60.8 Å². The molecule has 41 heavy (non-hydrogen) atoms. The molecule has 0 saturated carbocycles. The Morgan fingerprint density at radius 3 is 2.46 bits per heavy atom. The lowest BCUT2D eigenvalue weighted by atomic mass is 9.88. The van der Waals surface area contributed by atoms with Crippen LogP contribution in [0.25, 0.3) is 22.2 Å². The average molecular weight is 583 g/mol. The molecule has 0 radical (unpaired) electrons. The van der Waals surface area contributed by atoms with E-state index < -0.39 is 10.0 Å². The number of hydrogen-bond donors (Lipinski definition) is 3. The summed E-state index contributed by atoms with van der Waals surface area (Å²) in [5, 5.41) is 6.89. The molecule has 2 aromatic carbocycles. The van der Waals surface area contributed by atoms with E-state index in [0.29, 0.717) is 37.0 Å². The number of nitrogens with zero attached hydrogens (tertiary/aromatic N) is 4. The number of likely N-dealkylation sites (N-methyl/N-ethyl adjacent to an activating group) is 1. The molecule has 12 nitrogen and oxygen atoms in total. The van der Waals surface area contributed by atoms with Gasteiger partial charge < -0.3 is 29.8 Å². The average Bonchev–Trinajstić information content (AvgIpc) is 3.27. The molecule has 13 heteroatoms. The number of fused-ring (bicyclic) bond motifs is 1. The summed E-state index contributed by atoms with van der Waals surface area (Å²) in [7, 11) is 1.60. The Hall–Kier alpha value is -4.20. The van der Waals surface area contributed by atoms with Gasteiger partial charge in [0, 0.05) is 42.7 Å². The van der Waals surface area contributed by atoms with Crippen molar-refractivity contribution in [3.8, 4) is 17.0 Å². The summed E-state index contributed by atoms with van der Waals surface area (Å²) in [5.41, 5.74) is 9.79. The van der Waals surface area contributed by atoms with Gasteiger partial charge in [-0.05, 0) is 62.8 Å². The van der Waals surface area contributed by atoms with Crippen molar-refractivity contribution in [2.24, 2.45) is 0 Å². The van der Waals surface area contributed by atoms with Gasteiger partial charge in [-0.3, -0.25) is 9.52 Å². The lowest BCUT2D eigenvalue weighted by molar-refractivity contribution is -0.122. The molecule has 1 aliphatic rings. The van der Waals surface area contributed by atoms with Crippen LogP contribution in [0.2, 0.25) is 0 Å². The Labute approximate surface area is 238 Å². The molecule has 1 fully saturated rings. The summed E-state index contributed by atoms with van der Waals surface area (Å²) in [5.74, 6) is 0.452. The number of aromatic nitrogens is 3. The van der Waals surface area contributed by atoms with Crippen LogP contribution in [0.4, 0.5) is 11.6 Å². The van der Waals surface area contributed by atoms with Crippen LogP contribution in [0.15, 0.2) is 65.7 Å². The van der Waals surface area contributed by atoms with Gasteiger partial charge in [0.15, 0.2) is 0 Å². The van der Waals surface area contributed by atoms with Crippen LogP contribution in [0, 0.1) is 0 Å². The lowest BCUT2D eigenvalue weighted by Crippen LogP contribution is -2.51. The van der Waals surface area contributed by atoms with Crippen LogP contribution in [0.3, 0.4) is 0 Å². The van der Waals surface area contributed by atoms with Crippen LogP contribution in [0.5, 0.6) is 5.88 Å². The first-order chi connectivity index (χ1) is 19.6. The van der Waals surface area contributed by atoms with Crippen molar-refractivity contribution in [2.45, 2.75) is 29.8 Å². The van der Waals surface area contributed by atoms with E-state index in [1.54, 1.807) is 36.5 Å². The molecule has 5 rings (SSSR count). The number of hydrogen-bond acceptors (Lipinski definition) is 9. The van der Waals surface area contributed by atoms with Crippen molar-refractivity contribution in [1.82, 2.24) is 19.4 Å². The van der Waals surface area contributed by atoms with Crippen LogP contribution >= 0.6 is 0 Å².